The normalized spacial score (nSPS) is 12.1. The summed E-state index contributed by atoms with van der Waals surface area (Å²) < 4.78 is 0. The van der Waals surface area contributed by atoms with Gasteiger partial charge in [0.05, 0.1) is 5.52 Å². The third kappa shape index (κ3) is 3.81. The van der Waals surface area contributed by atoms with E-state index < -0.39 is 0 Å². The third-order valence-electron chi connectivity index (χ3n) is 3.34. The van der Waals surface area contributed by atoms with Crippen LogP contribution in [0.3, 0.4) is 0 Å². The van der Waals surface area contributed by atoms with E-state index >= 15 is 0 Å². The van der Waals surface area contributed by atoms with Crippen molar-refractivity contribution in [1.82, 2.24) is 20.8 Å². The van der Waals surface area contributed by atoms with Gasteiger partial charge in [0.15, 0.2) is 5.69 Å². The summed E-state index contributed by atoms with van der Waals surface area (Å²) in [6, 6.07) is 7.58. The van der Waals surface area contributed by atoms with E-state index in [0.29, 0.717) is 12.2 Å². The van der Waals surface area contributed by atoms with Crippen molar-refractivity contribution in [3.63, 3.8) is 0 Å². The van der Waals surface area contributed by atoms with Crippen LogP contribution in [0.4, 0.5) is 0 Å². The highest BCUT2D eigenvalue weighted by Crippen LogP contribution is 2.14. The summed E-state index contributed by atoms with van der Waals surface area (Å²) in [5, 5.41) is 13.2. The van der Waals surface area contributed by atoms with Crippen molar-refractivity contribution >= 4 is 22.7 Å². The zero-order chi connectivity index (χ0) is 15.2. The maximum absolute atomic E-state index is 12.1. The molecule has 0 saturated carbocycles. The molecular formula is C15H20N4O2. The number of aromatic nitrogens is 2. The number of fused-ring (bicyclic) bond motifs is 1. The predicted molar refractivity (Wildman–Crippen MR) is 80.9 cm³/mol. The second kappa shape index (κ2) is 6.88. The molecule has 2 aromatic rings. The van der Waals surface area contributed by atoms with Crippen LogP contribution in [0.5, 0.6) is 0 Å². The fraction of sp³-hybridized carbons (Fsp3) is 0.400. The molecule has 0 aliphatic heterocycles. The molecule has 2 amide bonds. The number of rotatable bonds is 6. The van der Waals surface area contributed by atoms with E-state index in [2.05, 4.69) is 20.8 Å². The van der Waals surface area contributed by atoms with Crippen LogP contribution < -0.4 is 10.6 Å². The van der Waals surface area contributed by atoms with Crippen LogP contribution in [0.25, 0.3) is 10.9 Å². The minimum atomic E-state index is -0.274. The summed E-state index contributed by atoms with van der Waals surface area (Å²) in [5.41, 5.74) is 1.17. The zero-order valence-corrected chi connectivity index (χ0v) is 12.3. The number of aromatic amines is 1. The second-order valence-electron chi connectivity index (χ2n) is 5.00. The number of carbonyl (C=O) groups excluding carboxylic acids is 2. The Morgan fingerprint density at radius 3 is 2.86 bits per heavy atom. The van der Waals surface area contributed by atoms with Crippen LogP contribution in [0.2, 0.25) is 0 Å². The smallest absolute Gasteiger partial charge is 0.272 e. The molecule has 6 heteroatoms. The Kier molecular flexibility index (Phi) is 4.92. The fourth-order valence-corrected chi connectivity index (χ4v) is 1.96. The Morgan fingerprint density at radius 1 is 1.33 bits per heavy atom. The summed E-state index contributed by atoms with van der Waals surface area (Å²) in [5.74, 6) is -0.333. The number of nitrogens with zero attached hydrogens (tertiary/aromatic N) is 1. The van der Waals surface area contributed by atoms with E-state index in [9.17, 15) is 9.59 Å². The van der Waals surface area contributed by atoms with Gasteiger partial charge in [-0.05, 0) is 19.4 Å². The standard InChI is InChI=1S/C15H20N4O2/c1-3-10(2)17-13(20)8-9-16-15(21)14-11-6-4-5-7-12(11)18-19-14/h4-7,10H,3,8-9H2,1-2H3,(H,16,21)(H,17,20)(H,18,19). The van der Waals surface area contributed by atoms with Crippen LogP contribution in [-0.2, 0) is 4.79 Å². The molecule has 1 aromatic heterocycles. The lowest BCUT2D eigenvalue weighted by Crippen LogP contribution is -2.35. The quantitative estimate of drug-likeness (QED) is 0.754. The van der Waals surface area contributed by atoms with Gasteiger partial charge < -0.3 is 10.6 Å². The van der Waals surface area contributed by atoms with Crippen molar-refractivity contribution in [1.29, 1.82) is 0 Å². The van der Waals surface area contributed by atoms with Gasteiger partial charge in [0.25, 0.3) is 5.91 Å². The van der Waals surface area contributed by atoms with Gasteiger partial charge in [-0.25, -0.2) is 0 Å². The molecule has 1 heterocycles. The Morgan fingerprint density at radius 2 is 2.10 bits per heavy atom. The highest BCUT2D eigenvalue weighted by atomic mass is 16.2. The van der Waals surface area contributed by atoms with Crippen LogP contribution in [0.15, 0.2) is 24.3 Å². The van der Waals surface area contributed by atoms with Crippen molar-refractivity contribution in [2.24, 2.45) is 0 Å². The Bertz CT molecular complexity index is 635. The van der Waals surface area contributed by atoms with E-state index in [1.54, 1.807) is 0 Å². The second-order valence-corrected chi connectivity index (χ2v) is 5.00. The van der Waals surface area contributed by atoms with Gasteiger partial charge >= 0.3 is 0 Å². The first-order valence-corrected chi connectivity index (χ1v) is 7.12. The summed E-state index contributed by atoms with van der Waals surface area (Å²) in [7, 11) is 0. The molecular weight excluding hydrogens is 268 g/mol. The molecule has 2 rings (SSSR count). The maximum Gasteiger partial charge on any atom is 0.272 e. The van der Waals surface area contributed by atoms with Crippen molar-refractivity contribution in [3.05, 3.63) is 30.0 Å². The molecule has 0 aliphatic rings. The molecule has 112 valence electrons. The molecule has 3 N–H and O–H groups in total. The van der Waals surface area contributed by atoms with E-state index in [0.717, 1.165) is 17.3 Å². The number of H-pyrrole nitrogens is 1. The summed E-state index contributed by atoms with van der Waals surface area (Å²) in [6.45, 7) is 4.25. The largest absolute Gasteiger partial charge is 0.354 e. The van der Waals surface area contributed by atoms with Gasteiger partial charge in [-0.3, -0.25) is 14.7 Å². The monoisotopic (exact) mass is 288 g/mol. The molecule has 21 heavy (non-hydrogen) atoms. The number of benzene rings is 1. The lowest BCUT2D eigenvalue weighted by atomic mass is 10.2. The molecule has 1 unspecified atom stereocenters. The van der Waals surface area contributed by atoms with E-state index in [4.69, 9.17) is 0 Å². The molecule has 1 atom stereocenters. The zero-order valence-electron chi connectivity index (χ0n) is 12.3. The minimum absolute atomic E-state index is 0.0588. The number of para-hydroxylation sites is 1. The van der Waals surface area contributed by atoms with Crippen molar-refractivity contribution in [3.8, 4) is 0 Å². The maximum atomic E-state index is 12.1. The van der Waals surface area contributed by atoms with Crippen LogP contribution >= 0.6 is 0 Å². The van der Waals surface area contributed by atoms with Crippen LogP contribution in [0.1, 0.15) is 37.2 Å². The third-order valence-corrected chi connectivity index (χ3v) is 3.34. The van der Waals surface area contributed by atoms with Crippen molar-refractivity contribution in [2.75, 3.05) is 6.54 Å². The van der Waals surface area contributed by atoms with Crippen molar-refractivity contribution < 1.29 is 9.59 Å². The molecule has 0 spiro atoms. The average Bonchev–Trinajstić information content (AvgIpc) is 2.91. The number of hydrogen-bond donors (Lipinski definition) is 3. The number of hydrogen-bond acceptors (Lipinski definition) is 3. The van der Waals surface area contributed by atoms with Gasteiger partial charge in [0.1, 0.15) is 0 Å². The highest BCUT2D eigenvalue weighted by Gasteiger charge is 2.13. The number of nitrogens with one attached hydrogen (secondary N) is 3. The van der Waals surface area contributed by atoms with Gasteiger partial charge in [-0.15, -0.1) is 0 Å². The Hall–Kier alpha value is -2.37. The molecule has 6 nitrogen and oxygen atoms in total. The van der Waals surface area contributed by atoms with Gasteiger partial charge in [-0.2, -0.15) is 5.10 Å². The van der Waals surface area contributed by atoms with E-state index in [-0.39, 0.29) is 24.3 Å². The number of amides is 2. The molecule has 0 fully saturated rings. The molecule has 0 bridgehead atoms. The molecule has 0 saturated heterocycles. The average molecular weight is 288 g/mol. The topological polar surface area (TPSA) is 86.9 Å². The van der Waals surface area contributed by atoms with Gasteiger partial charge in [0, 0.05) is 24.4 Å². The highest BCUT2D eigenvalue weighted by molar-refractivity contribution is 6.04. The lowest BCUT2D eigenvalue weighted by Gasteiger charge is -2.11. The van der Waals surface area contributed by atoms with E-state index in [1.165, 1.54) is 0 Å². The van der Waals surface area contributed by atoms with E-state index in [1.807, 2.05) is 38.1 Å². The Labute approximate surface area is 123 Å². The van der Waals surface area contributed by atoms with Crippen LogP contribution in [0, 0.1) is 0 Å². The first-order valence-electron chi connectivity index (χ1n) is 7.12. The molecule has 1 aromatic carbocycles. The van der Waals surface area contributed by atoms with Gasteiger partial charge in [0.2, 0.25) is 5.91 Å². The summed E-state index contributed by atoms with van der Waals surface area (Å²) in [4.78, 5) is 23.7. The van der Waals surface area contributed by atoms with Crippen LogP contribution in [-0.4, -0.2) is 34.6 Å². The first-order chi connectivity index (χ1) is 10.1. The van der Waals surface area contributed by atoms with Crippen molar-refractivity contribution in [2.45, 2.75) is 32.7 Å². The Balaban J connectivity index is 1.86. The minimum Gasteiger partial charge on any atom is -0.354 e. The summed E-state index contributed by atoms with van der Waals surface area (Å²) in [6.07, 6.45) is 1.15. The van der Waals surface area contributed by atoms with Gasteiger partial charge in [-0.1, -0.05) is 25.1 Å². The summed E-state index contributed by atoms with van der Waals surface area (Å²) >= 11 is 0. The predicted octanol–water partition coefficient (Wildman–Crippen LogP) is 1.60. The SMILES string of the molecule is CCC(C)NC(=O)CCNC(=O)c1n[nH]c2ccccc12. The number of carbonyl (C=O) groups is 2. The lowest BCUT2D eigenvalue weighted by molar-refractivity contribution is -0.121. The first kappa shape index (κ1) is 15.0. The fourth-order valence-electron chi connectivity index (χ4n) is 1.96. The molecule has 0 radical (unpaired) electrons. The molecule has 0 aliphatic carbocycles.